The van der Waals surface area contributed by atoms with Gasteiger partial charge in [0.05, 0.1) is 0 Å². The Balaban J connectivity index is 3.48. The van der Waals surface area contributed by atoms with Crippen LogP contribution in [0.4, 0.5) is 0 Å². The van der Waals surface area contributed by atoms with Gasteiger partial charge >= 0.3 is 17.8 Å². The lowest BCUT2D eigenvalue weighted by Crippen LogP contribution is -2.38. The van der Waals surface area contributed by atoms with Crippen molar-refractivity contribution in [2.24, 2.45) is 0 Å². The Morgan fingerprint density at radius 3 is 2.31 bits per heavy atom. The van der Waals surface area contributed by atoms with Gasteiger partial charge in [-0.25, -0.2) is 0 Å². The molecule has 2 amide bonds. The quantitative estimate of drug-likeness (QED) is 0.378. The highest BCUT2D eigenvalue weighted by Crippen LogP contribution is 1.85. The third-order valence-corrected chi connectivity index (χ3v) is 1.29. The molecule has 0 atom stereocenters. The summed E-state index contributed by atoms with van der Waals surface area (Å²) in [5, 5.41) is 12.7. The van der Waals surface area contributed by atoms with E-state index in [2.05, 4.69) is 10.6 Å². The molecule has 3 N–H and O–H groups in total. The first kappa shape index (κ1) is 11.4. The highest BCUT2D eigenvalue weighted by molar-refractivity contribution is 6.34. The van der Waals surface area contributed by atoms with E-state index >= 15 is 0 Å². The zero-order valence-corrected chi connectivity index (χ0v) is 7.29. The number of likely N-dealkylation sites (N-methyl/N-ethyl adjacent to an activating group) is 1. The molecule has 0 spiro atoms. The van der Waals surface area contributed by atoms with Gasteiger partial charge in [0, 0.05) is 20.0 Å². The summed E-state index contributed by atoms with van der Waals surface area (Å²) in [5.41, 5.74) is 0. The predicted molar refractivity (Wildman–Crippen MR) is 43.9 cm³/mol. The van der Waals surface area contributed by atoms with Crippen molar-refractivity contribution in [1.29, 1.82) is 0 Å². The maximum atomic E-state index is 10.7. The molecule has 0 unspecified atom stereocenters. The standard InChI is InChI=1S/C7H12N2O4/c1-8-6(12)7(13)9-4-2-3-5(10)11/h2-4H2,1H3,(H,8,12)(H,9,13)(H,10,11). The number of aliphatic carboxylic acids is 1. The third kappa shape index (κ3) is 5.66. The largest absolute Gasteiger partial charge is 0.481 e. The second-order valence-corrected chi connectivity index (χ2v) is 2.33. The van der Waals surface area contributed by atoms with Crippen molar-refractivity contribution in [2.45, 2.75) is 12.8 Å². The number of carboxylic acids is 1. The fourth-order valence-corrected chi connectivity index (χ4v) is 0.635. The van der Waals surface area contributed by atoms with E-state index in [1.54, 1.807) is 0 Å². The molecule has 13 heavy (non-hydrogen) atoms. The van der Waals surface area contributed by atoms with Crippen LogP contribution < -0.4 is 10.6 Å². The van der Waals surface area contributed by atoms with Crippen LogP contribution in [0.15, 0.2) is 0 Å². The van der Waals surface area contributed by atoms with Gasteiger partial charge in [-0.2, -0.15) is 0 Å². The van der Waals surface area contributed by atoms with Gasteiger partial charge in [-0.3, -0.25) is 14.4 Å². The molecule has 0 aromatic rings. The first-order valence-electron chi connectivity index (χ1n) is 3.79. The zero-order valence-electron chi connectivity index (χ0n) is 7.29. The van der Waals surface area contributed by atoms with Crippen LogP contribution >= 0.6 is 0 Å². The van der Waals surface area contributed by atoms with Crippen LogP contribution in [0.1, 0.15) is 12.8 Å². The Morgan fingerprint density at radius 1 is 1.23 bits per heavy atom. The van der Waals surface area contributed by atoms with Crippen LogP contribution in [-0.4, -0.2) is 36.5 Å². The van der Waals surface area contributed by atoms with Crippen molar-refractivity contribution in [3.05, 3.63) is 0 Å². The second kappa shape index (κ2) is 5.99. The highest BCUT2D eigenvalue weighted by Gasteiger charge is 2.09. The molecular formula is C7H12N2O4. The Bertz CT molecular complexity index is 215. The number of carboxylic acid groups (broad SMARTS) is 1. The lowest BCUT2D eigenvalue weighted by molar-refractivity contribution is -0.139. The Hall–Kier alpha value is -1.59. The predicted octanol–water partition coefficient (Wildman–Crippen LogP) is -1.29. The van der Waals surface area contributed by atoms with Gasteiger partial charge in [-0.05, 0) is 6.42 Å². The van der Waals surface area contributed by atoms with E-state index < -0.39 is 17.8 Å². The van der Waals surface area contributed by atoms with Gasteiger partial charge in [-0.15, -0.1) is 0 Å². The number of amides is 2. The Labute approximate surface area is 75.3 Å². The zero-order chi connectivity index (χ0) is 10.3. The van der Waals surface area contributed by atoms with Crippen molar-refractivity contribution < 1.29 is 19.5 Å². The average Bonchev–Trinajstić information content (AvgIpc) is 2.10. The molecular weight excluding hydrogens is 176 g/mol. The molecule has 0 bridgehead atoms. The number of carbonyl (C=O) groups excluding carboxylic acids is 2. The molecule has 74 valence electrons. The van der Waals surface area contributed by atoms with Crippen molar-refractivity contribution >= 4 is 17.8 Å². The monoisotopic (exact) mass is 188 g/mol. The number of rotatable bonds is 4. The topological polar surface area (TPSA) is 95.5 Å². The summed E-state index contributed by atoms with van der Waals surface area (Å²) in [4.78, 5) is 31.4. The summed E-state index contributed by atoms with van der Waals surface area (Å²) in [6.07, 6.45) is 0.298. The summed E-state index contributed by atoms with van der Waals surface area (Å²) < 4.78 is 0. The van der Waals surface area contributed by atoms with E-state index in [1.165, 1.54) is 7.05 Å². The van der Waals surface area contributed by atoms with Gasteiger partial charge in [0.25, 0.3) is 0 Å². The highest BCUT2D eigenvalue weighted by atomic mass is 16.4. The fourth-order valence-electron chi connectivity index (χ4n) is 0.635. The second-order valence-electron chi connectivity index (χ2n) is 2.33. The van der Waals surface area contributed by atoms with E-state index in [0.717, 1.165) is 0 Å². The van der Waals surface area contributed by atoms with Crippen LogP contribution in [0, 0.1) is 0 Å². The first-order valence-corrected chi connectivity index (χ1v) is 3.79. The molecule has 0 aromatic heterocycles. The normalized spacial score (nSPS) is 9.00. The Kier molecular flexibility index (Phi) is 5.25. The molecule has 0 saturated carbocycles. The summed E-state index contributed by atoms with van der Waals surface area (Å²) in [7, 11) is 1.35. The van der Waals surface area contributed by atoms with E-state index in [9.17, 15) is 14.4 Å². The molecule has 0 radical (unpaired) electrons. The van der Waals surface area contributed by atoms with E-state index in [1.807, 2.05) is 0 Å². The van der Waals surface area contributed by atoms with Crippen LogP contribution in [-0.2, 0) is 14.4 Å². The van der Waals surface area contributed by atoms with Gasteiger partial charge in [-0.1, -0.05) is 0 Å². The molecule has 0 heterocycles. The minimum absolute atomic E-state index is 0.0198. The summed E-state index contributed by atoms with van der Waals surface area (Å²) in [6, 6.07) is 0. The number of nitrogens with one attached hydrogen (secondary N) is 2. The Morgan fingerprint density at radius 2 is 1.85 bits per heavy atom. The SMILES string of the molecule is CNC(=O)C(=O)NCCCC(=O)O. The van der Waals surface area contributed by atoms with Gasteiger partial charge in [0.2, 0.25) is 0 Å². The van der Waals surface area contributed by atoms with Crippen LogP contribution in [0.3, 0.4) is 0 Å². The minimum Gasteiger partial charge on any atom is -0.481 e. The average molecular weight is 188 g/mol. The molecule has 0 aliphatic carbocycles. The summed E-state index contributed by atoms with van der Waals surface area (Å²) >= 11 is 0. The van der Waals surface area contributed by atoms with Gasteiger partial charge in [0.1, 0.15) is 0 Å². The molecule has 6 heteroatoms. The molecule has 0 fully saturated rings. The van der Waals surface area contributed by atoms with Crippen molar-refractivity contribution in [2.75, 3.05) is 13.6 Å². The fraction of sp³-hybridized carbons (Fsp3) is 0.571. The van der Waals surface area contributed by atoms with Gasteiger partial charge in [0.15, 0.2) is 0 Å². The third-order valence-electron chi connectivity index (χ3n) is 1.29. The van der Waals surface area contributed by atoms with E-state index in [0.29, 0.717) is 6.42 Å². The molecule has 0 aliphatic rings. The molecule has 0 aliphatic heterocycles. The summed E-state index contributed by atoms with van der Waals surface area (Å²) in [5.74, 6) is -2.39. The van der Waals surface area contributed by atoms with Crippen LogP contribution in [0.5, 0.6) is 0 Å². The molecule has 0 aromatic carbocycles. The maximum Gasteiger partial charge on any atom is 0.309 e. The van der Waals surface area contributed by atoms with Crippen LogP contribution in [0.25, 0.3) is 0 Å². The number of hydrogen-bond acceptors (Lipinski definition) is 3. The smallest absolute Gasteiger partial charge is 0.309 e. The van der Waals surface area contributed by atoms with Crippen molar-refractivity contribution in [3.63, 3.8) is 0 Å². The lowest BCUT2D eigenvalue weighted by atomic mass is 10.3. The van der Waals surface area contributed by atoms with E-state index in [4.69, 9.17) is 5.11 Å². The summed E-state index contributed by atoms with van der Waals surface area (Å²) in [6.45, 7) is 0.193. The van der Waals surface area contributed by atoms with Gasteiger partial charge < -0.3 is 15.7 Å². The number of hydrogen-bond donors (Lipinski definition) is 3. The van der Waals surface area contributed by atoms with E-state index in [-0.39, 0.29) is 13.0 Å². The van der Waals surface area contributed by atoms with Crippen molar-refractivity contribution in [1.82, 2.24) is 10.6 Å². The molecule has 0 rings (SSSR count). The molecule has 0 saturated heterocycles. The first-order chi connectivity index (χ1) is 6.07. The lowest BCUT2D eigenvalue weighted by Gasteiger charge is -2.01. The van der Waals surface area contributed by atoms with Crippen LogP contribution in [0.2, 0.25) is 0 Å². The van der Waals surface area contributed by atoms with Crippen molar-refractivity contribution in [3.8, 4) is 0 Å². The minimum atomic E-state index is -0.922. The maximum absolute atomic E-state index is 10.7. The number of carbonyl (C=O) groups is 3. The molecule has 6 nitrogen and oxygen atoms in total.